The zero-order chi connectivity index (χ0) is 12.3. The van der Waals surface area contributed by atoms with Crippen LogP contribution >= 0.6 is 0 Å². The minimum absolute atomic E-state index is 0.0501. The van der Waals surface area contributed by atoms with Crippen molar-refractivity contribution in [2.24, 2.45) is 5.41 Å². The van der Waals surface area contributed by atoms with E-state index >= 15 is 0 Å². The highest BCUT2D eigenvalue weighted by atomic mass is 16.6. The van der Waals surface area contributed by atoms with Crippen LogP contribution in [0, 0.1) is 15.5 Å². The van der Waals surface area contributed by atoms with E-state index < -0.39 is 4.92 Å². The summed E-state index contributed by atoms with van der Waals surface area (Å²) in [5, 5.41) is 13.9. The summed E-state index contributed by atoms with van der Waals surface area (Å²) in [7, 11) is 0. The van der Waals surface area contributed by atoms with Crippen molar-refractivity contribution in [2.75, 3.05) is 11.9 Å². The SMILES string of the molecule is CC1(CNc2ncccc2[N+](=O)[O-])CCCC1. The fraction of sp³-hybridized carbons (Fsp3) is 0.583. The highest BCUT2D eigenvalue weighted by molar-refractivity contribution is 5.55. The highest BCUT2D eigenvalue weighted by Crippen LogP contribution is 2.37. The molecule has 0 spiro atoms. The molecule has 1 aliphatic carbocycles. The van der Waals surface area contributed by atoms with Gasteiger partial charge in [0.15, 0.2) is 0 Å². The molecule has 1 aliphatic rings. The molecule has 92 valence electrons. The third-order valence-corrected chi connectivity index (χ3v) is 3.48. The number of pyridine rings is 1. The van der Waals surface area contributed by atoms with Gasteiger partial charge in [-0.1, -0.05) is 19.8 Å². The lowest BCUT2D eigenvalue weighted by Gasteiger charge is -2.23. The van der Waals surface area contributed by atoms with Crippen LogP contribution in [0.15, 0.2) is 18.3 Å². The lowest BCUT2D eigenvalue weighted by molar-refractivity contribution is -0.384. The van der Waals surface area contributed by atoms with Gasteiger partial charge in [0.05, 0.1) is 4.92 Å². The number of nitrogens with one attached hydrogen (secondary N) is 1. The molecule has 17 heavy (non-hydrogen) atoms. The molecule has 1 aromatic rings. The molecule has 0 atom stereocenters. The van der Waals surface area contributed by atoms with Crippen LogP contribution in [0.2, 0.25) is 0 Å². The fourth-order valence-corrected chi connectivity index (χ4v) is 2.38. The molecule has 1 aromatic heterocycles. The average molecular weight is 235 g/mol. The Labute approximate surface area is 100 Å². The Morgan fingerprint density at radius 2 is 2.24 bits per heavy atom. The Morgan fingerprint density at radius 1 is 1.53 bits per heavy atom. The fourth-order valence-electron chi connectivity index (χ4n) is 2.38. The quantitative estimate of drug-likeness (QED) is 0.643. The van der Waals surface area contributed by atoms with E-state index in [4.69, 9.17) is 0 Å². The number of hydrogen-bond acceptors (Lipinski definition) is 4. The summed E-state index contributed by atoms with van der Waals surface area (Å²) in [5.41, 5.74) is 0.305. The van der Waals surface area contributed by atoms with E-state index in [2.05, 4.69) is 17.2 Å². The first-order chi connectivity index (χ1) is 8.11. The third kappa shape index (κ3) is 2.72. The Balaban J connectivity index is 2.06. The monoisotopic (exact) mass is 235 g/mol. The predicted octanol–water partition coefficient (Wildman–Crippen LogP) is 2.98. The predicted molar refractivity (Wildman–Crippen MR) is 66.0 cm³/mol. The summed E-state index contributed by atoms with van der Waals surface area (Å²) in [5.74, 6) is 0.380. The maximum atomic E-state index is 10.8. The lowest BCUT2D eigenvalue weighted by atomic mass is 9.89. The van der Waals surface area contributed by atoms with Crippen LogP contribution in [-0.2, 0) is 0 Å². The summed E-state index contributed by atoms with van der Waals surface area (Å²) in [6, 6.07) is 3.06. The molecule has 0 bridgehead atoms. The van der Waals surface area contributed by atoms with Crippen molar-refractivity contribution in [1.29, 1.82) is 0 Å². The second-order valence-electron chi connectivity index (χ2n) is 5.00. The summed E-state index contributed by atoms with van der Waals surface area (Å²) in [6.45, 7) is 2.98. The van der Waals surface area contributed by atoms with Gasteiger partial charge in [0.1, 0.15) is 0 Å². The normalized spacial score (nSPS) is 17.9. The molecule has 2 rings (SSSR count). The molecule has 1 fully saturated rings. The van der Waals surface area contributed by atoms with Gasteiger partial charge < -0.3 is 5.32 Å². The molecule has 1 saturated carbocycles. The van der Waals surface area contributed by atoms with Gasteiger partial charge in [-0.05, 0) is 24.3 Å². The van der Waals surface area contributed by atoms with Gasteiger partial charge in [0.2, 0.25) is 5.82 Å². The topological polar surface area (TPSA) is 68.1 Å². The Morgan fingerprint density at radius 3 is 2.88 bits per heavy atom. The molecule has 0 unspecified atom stereocenters. The van der Waals surface area contributed by atoms with Crippen molar-refractivity contribution in [3.8, 4) is 0 Å². The van der Waals surface area contributed by atoms with Crippen LogP contribution in [0.4, 0.5) is 11.5 Å². The molecule has 1 heterocycles. The number of rotatable bonds is 4. The molecule has 0 amide bonds. The van der Waals surface area contributed by atoms with Crippen molar-refractivity contribution < 1.29 is 4.92 Å². The van der Waals surface area contributed by atoms with E-state index in [0.29, 0.717) is 5.82 Å². The average Bonchev–Trinajstić information content (AvgIpc) is 2.74. The Kier molecular flexibility index (Phi) is 3.26. The van der Waals surface area contributed by atoms with Crippen LogP contribution in [0.25, 0.3) is 0 Å². The van der Waals surface area contributed by atoms with Crippen LogP contribution in [-0.4, -0.2) is 16.5 Å². The van der Waals surface area contributed by atoms with Gasteiger partial charge >= 0.3 is 5.69 Å². The first-order valence-electron chi connectivity index (χ1n) is 5.94. The molecule has 0 aliphatic heterocycles. The van der Waals surface area contributed by atoms with Gasteiger partial charge in [-0.2, -0.15) is 0 Å². The number of aromatic nitrogens is 1. The zero-order valence-corrected chi connectivity index (χ0v) is 9.98. The van der Waals surface area contributed by atoms with E-state index in [1.54, 1.807) is 12.3 Å². The molecule has 5 nitrogen and oxygen atoms in total. The molecule has 0 aromatic carbocycles. The van der Waals surface area contributed by atoms with Gasteiger partial charge in [-0.15, -0.1) is 0 Å². The van der Waals surface area contributed by atoms with E-state index in [0.717, 1.165) is 6.54 Å². The summed E-state index contributed by atoms with van der Waals surface area (Å²) >= 11 is 0. The van der Waals surface area contributed by atoms with E-state index in [1.807, 2.05) is 0 Å². The van der Waals surface area contributed by atoms with E-state index in [9.17, 15) is 10.1 Å². The Hall–Kier alpha value is -1.65. The number of anilines is 1. The third-order valence-electron chi connectivity index (χ3n) is 3.48. The minimum Gasteiger partial charge on any atom is -0.364 e. The van der Waals surface area contributed by atoms with Gasteiger partial charge in [-0.25, -0.2) is 4.98 Å². The molecule has 0 radical (unpaired) electrons. The van der Waals surface area contributed by atoms with Gasteiger partial charge in [0, 0.05) is 18.8 Å². The summed E-state index contributed by atoms with van der Waals surface area (Å²) < 4.78 is 0. The minimum atomic E-state index is -0.397. The van der Waals surface area contributed by atoms with Gasteiger partial charge in [0.25, 0.3) is 0 Å². The van der Waals surface area contributed by atoms with Crippen molar-refractivity contribution in [1.82, 2.24) is 4.98 Å². The molecular formula is C12H17N3O2. The van der Waals surface area contributed by atoms with Crippen molar-refractivity contribution >= 4 is 11.5 Å². The smallest absolute Gasteiger partial charge is 0.311 e. The van der Waals surface area contributed by atoms with Crippen LogP contribution in [0.3, 0.4) is 0 Å². The number of nitrogens with zero attached hydrogens (tertiary/aromatic N) is 2. The second-order valence-corrected chi connectivity index (χ2v) is 5.00. The number of hydrogen-bond donors (Lipinski definition) is 1. The van der Waals surface area contributed by atoms with Gasteiger partial charge in [-0.3, -0.25) is 10.1 Å². The van der Waals surface area contributed by atoms with E-state index in [-0.39, 0.29) is 11.1 Å². The summed E-state index contributed by atoms with van der Waals surface area (Å²) in [6.07, 6.45) is 6.44. The molecule has 1 N–H and O–H groups in total. The van der Waals surface area contributed by atoms with E-state index in [1.165, 1.54) is 31.7 Å². The highest BCUT2D eigenvalue weighted by Gasteiger charge is 2.29. The van der Waals surface area contributed by atoms with Crippen LogP contribution < -0.4 is 5.32 Å². The van der Waals surface area contributed by atoms with Crippen molar-refractivity contribution in [2.45, 2.75) is 32.6 Å². The second kappa shape index (κ2) is 4.69. The largest absolute Gasteiger partial charge is 0.364 e. The van der Waals surface area contributed by atoms with Crippen molar-refractivity contribution in [3.63, 3.8) is 0 Å². The summed E-state index contributed by atoms with van der Waals surface area (Å²) in [4.78, 5) is 14.5. The first-order valence-corrected chi connectivity index (χ1v) is 5.94. The first kappa shape index (κ1) is 11.8. The standard InChI is InChI=1S/C12H17N3O2/c1-12(6-2-3-7-12)9-14-11-10(15(16)17)5-4-8-13-11/h4-5,8H,2-3,6-7,9H2,1H3,(H,13,14). The molecule has 0 saturated heterocycles. The van der Waals surface area contributed by atoms with Crippen LogP contribution in [0.5, 0.6) is 0 Å². The molecule has 5 heteroatoms. The number of nitro groups is 1. The Bertz CT molecular complexity index is 414. The lowest BCUT2D eigenvalue weighted by Crippen LogP contribution is -2.23. The molecular weight excluding hydrogens is 218 g/mol. The zero-order valence-electron chi connectivity index (χ0n) is 9.98. The van der Waals surface area contributed by atoms with Crippen LogP contribution in [0.1, 0.15) is 32.6 Å². The van der Waals surface area contributed by atoms with Crippen molar-refractivity contribution in [3.05, 3.63) is 28.4 Å². The maximum absolute atomic E-state index is 10.8. The maximum Gasteiger partial charge on any atom is 0.311 e.